The quantitative estimate of drug-likeness (QED) is 0.641. The molecule has 6 heteroatoms. The van der Waals surface area contributed by atoms with Gasteiger partial charge >= 0.3 is 0 Å². The highest BCUT2D eigenvalue weighted by Gasteiger charge is 2.09. The Bertz CT molecular complexity index is 497. The lowest BCUT2D eigenvalue weighted by Gasteiger charge is -2.03. The Balaban J connectivity index is 2.33. The molecule has 0 aliphatic rings. The summed E-state index contributed by atoms with van der Waals surface area (Å²) in [4.78, 5) is 4.38. The second kappa shape index (κ2) is 4.80. The minimum atomic E-state index is 0.208. The van der Waals surface area contributed by atoms with Crippen molar-refractivity contribution >= 4 is 17.4 Å². The summed E-state index contributed by atoms with van der Waals surface area (Å²) in [6.45, 7) is 4.10. The molecule has 1 N–H and O–H groups in total. The molecule has 0 unspecified atom stereocenters. The Morgan fingerprint density at radius 3 is 2.94 bits per heavy atom. The molecule has 0 fully saturated rings. The van der Waals surface area contributed by atoms with Crippen LogP contribution in [0.2, 0.25) is 0 Å². The third-order valence-electron chi connectivity index (χ3n) is 2.19. The highest BCUT2D eigenvalue weighted by atomic mass is 32.2. The van der Waals surface area contributed by atoms with Crippen LogP contribution in [0.3, 0.4) is 0 Å². The van der Waals surface area contributed by atoms with Crippen LogP contribution in [-0.4, -0.2) is 37.0 Å². The number of fused-ring (bicyclic) bond motifs is 1. The molecule has 0 bridgehead atoms. The molecule has 2 rings (SSSR count). The molecule has 2 aromatic heterocycles. The van der Waals surface area contributed by atoms with E-state index in [-0.39, 0.29) is 6.61 Å². The number of nitrogens with zero attached hydrogens (tertiary/aromatic N) is 4. The molecule has 0 radical (unpaired) electrons. The van der Waals surface area contributed by atoms with E-state index in [1.54, 1.807) is 11.8 Å². The summed E-state index contributed by atoms with van der Waals surface area (Å²) in [6, 6.07) is 1.91. The monoisotopic (exact) mass is 238 g/mol. The first-order chi connectivity index (χ1) is 7.72. The molecular weight excluding hydrogens is 224 g/mol. The fourth-order valence-electron chi connectivity index (χ4n) is 1.52. The van der Waals surface area contributed by atoms with Crippen molar-refractivity contribution in [1.82, 2.24) is 19.6 Å². The maximum Gasteiger partial charge on any atom is 0.197 e. The topological polar surface area (TPSA) is 63.3 Å². The number of aliphatic hydroxyl groups excluding tert-OH is 1. The Kier molecular flexibility index (Phi) is 3.40. The highest BCUT2D eigenvalue weighted by Crippen LogP contribution is 2.18. The Labute approximate surface area is 97.9 Å². The molecule has 2 heterocycles. The van der Waals surface area contributed by atoms with Gasteiger partial charge in [-0.2, -0.15) is 0 Å². The van der Waals surface area contributed by atoms with Gasteiger partial charge in [0.25, 0.3) is 0 Å². The van der Waals surface area contributed by atoms with Gasteiger partial charge in [0.2, 0.25) is 0 Å². The van der Waals surface area contributed by atoms with Gasteiger partial charge in [-0.25, -0.2) is 4.98 Å². The molecule has 16 heavy (non-hydrogen) atoms. The minimum absolute atomic E-state index is 0.208. The predicted molar refractivity (Wildman–Crippen MR) is 62.7 cm³/mol. The van der Waals surface area contributed by atoms with E-state index in [1.807, 2.05) is 24.3 Å². The van der Waals surface area contributed by atoms with Gasteiger partial charge in [-0.1, -0.05) is 11.8 Å². The van der Waals surface area contributed by atoms with Crippen LogP contribution >= 0.6 is 11.8 Å². The summed E-state index contributed by atoms with van der Waals surface area (Å²) < 4.78 is 1.94. The SMILES string of the molecule is Cc1cc2nnc(SCCCO)n2c(C)n1. The molecule has 0 amide bonds. The Hall–Kier alpha value is -1.14. The van der Waals surface area contributed by atoms with Gasteiger partial charge in [-0.05, 0) is 20.3 Å². The molecule has 0 saturated carbocycles. The average Bonchev–Trinajstić information content (AvgIpc) is 2.62. The van der Waals surface area contributed by atoms with Crippen LogP contribution in [0, 0.1) is 13.8 Å². The van der Waals surface area contributed by atoms with Gasteiger partial charge in [-0.3, -0.25) is 4.40 Å². The van der Waals surface area contributed by atoms with Crippen LogP contribution in [0.4, 0.5) is 0 Å². The number of thioether (sulfide) groups is 1. The number of aromatic nitrogens is 4. The summed E-state index contributed by atoms with van der Waals surface area (Å²) >= 11 is 1.59. The fourth-order valence-corrected chi connectivity index (χ4v) is 2.43. The van der Waals surface area contributed by atoms with Crippen LogP contribution in [0.5, 0.6) is 0 Å². The first-order valence-electron chi connectivity index (χ1n) is 5.15. The Morgan fingerprint density at radius 1 is 1.38 bits per heavy atom. The number of aryl methyl sites for hydroxylation is 2. The summed E-state index contributed by atoms with van der Waals surface area (Å²) in [5.41, 5.74) is 1.78. The fraction of sp³-hybridized carbons (Fsp3) is 0.500. The molecular formula is C10H14N4OS. The Morgan fingerprint density at radius 2 is 2.19 bits per heavy atom. The number of hydrogen-bond donors (Lipinski definition) is 1. The lowest BCUT2D eigenvalue weighted by atomic mass is 10.4. The van der Waals surface area contributed by atoms with Crippen LogP contribution in [0.1, 0.15) is 17.9 Å². The summed E-state index contributed by atoms with van der Waals surface area (Å²) in [6.07, 6.45) is 0.762. The van der Waals surface area contributed by atoms with Gasteiger partial charge in [0, 0.05) is 24.1 Å². The van der Waals surface area contributed by atoms with Crippen LogP contribution in [0.15, 0.2) is 11.2 Å². The van der Waals surface area contributed by atoms with Crippen molar-refractivity contribution in [2.24, 2.45) is 0 Å². The van der Waals surface area contributed by atoms with Crippen LogP contribution < -0.4 is 0 Å². The van der Waals surface area contributed by atoms with E-state index in [1.165, 1.54) is 0 Å². The maximum absolute atomic E-state index is 8.73. The molecule has 2 aromatic rings. The van der Waals surface area contributed by atoms with Gasteiger partial charge in [-0.15, -0.1) is 10.2 Å². The van der Waals surface area contributed by atoms with E-state index in [4.69, 9.17) is 5.11 Å². The van der Waals surface area contributed by atoms with E-state index < -0.39 is 0 Å². The smallest absolute Gasteiger partial charge is 0.197 e. The lowest BCUT2D eigenvalue weighted by Crippen LogP contribution is -1.99. The first-order valence-corrected chi connectivity index (χ1v) is 6.14. The van der Waals surface area contributed by atoms with Gasteiger partial charge < -0.3 is 5.11 Å². The number of rotatable bonds is 4. The molecule has 86 valence electrons. The van der Waals surface area contributed by atoms with Crippen LogP contribution in [-0.2, 0) is 0 Å². The second-order valence-corrected chi connectivity index (χ2v) is 4.61. The molecule has 0 aliphatic carbocycles. The van der Waals surface area contributed by atoms with Crippen molar-refractivity contribution in [1.29, 1.82) is 0 Å². The van der Waals surface area contributed by atoms with E-state index in [2.05, 4.69) is 15.2 Å². The van der Waals surface area contributed by atoms with Crippen molar-refractivity contribution in [3.05, 3.63) is 17.6 Å². The zero-order valence-electron chi connectivity index (χ0n) is 9.34. The minimum Gasteiger partial charge on any atom is -0.396 e. The van der Waals surface area contributed by atoms with E-state index in [0.717, 1.165) is 34.5 Å². The van der Waals surface area contributed by atoms with Gasteiger partial charge in [0.05, 0.1) is 0 Å². The highest BCUT2D eigenvalue weighted by molar-refractivity contribution is 7.99. The molecule has 0 spiro atoms. The lowest BCUT2D eigenvalue weighted by molar-refractivity contribution is 0.296. The predicted octanol–water partition coefficient (Wildman–Crippen LogP) is 1.22. The number of aliphatic hydroxyl groups is 1. The largest absolute Gasteiger partial charge is 0.396 e. The molecule has 0 atom stereocenters. The summed E-state index contributed by atoms with van der Waals surface area (Å²) in [5.74, 6) is 1.73. The van der Waals surface area contributed by atoms with Crippen molar-refractivity contribution in [2.75, 3.05) is 12.4 Å². The average molecular weight is 238 g/mol. The molecule has 0 saturated heterocycles. The first kappa shape index (κ1) is 11.3. The molecule has 5 nitrogen and oxygen atoms in total. The standard InChI is InChI=1S/C10H14N4OS/c1-7-6-9-12-13-10(16-5-3-4-15)14(9)8(2)11-7/h6,15H,3-5H2,1-2H3. The number of hydrogen-bond acceptors (Lipinski definition) is 5. The van der Waals surface area contributed by atoms with E-state index in [9.17, 15) is 0 Å². The third kappa shape index (κ3) is 2.17. The molecule has 0 aliphatic heterocycles. The van der Waals surface area contributed by atoms with Gasteiger partial charge in [0.15, 0.2) is 10.8 Å². The summed E-state index contributed by atoms with van der Waals surface area (Å²) in [5, 5.41) is 17.8. The second-order valence-electron chi connectivity index (χ2n) is 3.55. The maximum atomic E-state index is 8.73. The van der Waals surface area contributed by atoms with Crippen molar-refractivity contribution in [3.63, 3.8) is 0 Å². The van der Waals surface area contributed by atoms with E-state index in [0.29, 0.717) is 0 Å². The van der Waals surface area contributed by atoms with Crippen LogP contribution in [0.25, 0.3) is 5.65 Å². The zero-order chi connectivity index (χ0) is 11.5. The molecule has 0 aromatic carbocycles. The van der Waals surface area contributed by atoms with Crippen molar-refractivity contribution < 1.29 is 5.11 Å². The summed E-state index contributed by atoms with van der Waals surface area (Å²) in [7, 11) is 0. The van der Waals surface area contributed by atoms with Gasteiger partial charge in [0.1, 0.15) is 5.82 Å². The normalized spacial score (nSPS) is 11.2. The van der Waals surface area contributed by atoms with Crippen molar-refractivity contribution in [3.8, 4) is 0 Å². The van der Waals surface area contributed by atoms with Crippen molar-refractivity contribution in [2.45, 2.75) is 25.4 Å². The van der Waals surface area contributed by atoms with E-state index >= 15 is 0 Å². The zero-order valence-corrected chi connectivity index (χ0v) is 10.2. The third-order valence-corrected chi connectivity index (χ3v) is 3.21.